The average molecular weight is 751 g/mol. The molecule has 5 heteroatoms. The Hall–Kier alpha value is -5.56. The maximum atomic E-state index is 15.5. The number of allylic oxidation sites excluding steroid dienone is 6. The second-order valence-electron chi connectivity index (χ2n) is 13.5. The van der Waals surface area contributed by atoms with E-state index in [-0.39, 0.29) is 0 Å². The molecule has 2 nitrogen and oxygen atoms in total. The van der Waals surface area contributed by atoms with Crippen LogP contribution in [-0.2, 0) is 9.13 Å². The standard InChI is InChI=1S/C49H40O2P2Si/c50-52(41-22-10-3-11-23-41,40-20-8-1-2-9-21-40)44-32-36-48(37-33-44)54(46-28-16-6-17-29-46,47-30-18-7-19-31-47)49-38-34-45(35-39-49)53(51,42-24-12-4-13-25-42)43-26-14-5-15-27-43/h1-20,22-39H,21H2. The third kappa shape index (κ3) is 6.29. The fourth-order valence-electron chi connectivity index (χ4n) is 7.86. The smallest absolute Gasteiger partial charge is 0.179 e. The molecule has 54 heavy (non-hydrogen) atoms. The Bertz CT molecular complexity index is 2450. The summed E-state index contributed by atoms with van der Waals surface area (Å²) < 4.78 is 30.9. The molecule has 1 aliphatic carbocycles. The van der Waals surface area contributed by atoms with Gasteiger partial charge in [-0.05, 0) is 27.2 Å². The van der Waals surface area contributed by atoms with Gasteiger partial charge in [0.25, 0.3) is 0 Å². The van der Waals surface area contributed by atoms with E-state index in [9.17, 15) is 0 Å². The third-order valence-corrected chi connectivity index (χ3v) is 21.5. The van der Waals surface area contributed by atoms with Crippen LogP contribution in [0.4, 0.5) is 0 Å². The van der Waals surface area contributed by atoms with Gasteiger partial charge in [0.2, 0.25) is 0 Å². The fraction of sp³-hybridized carbons (Fsp3) is 0.0204. The number of rotatable bonds is 10. The van der Waals surface area contributed by atoms with Gasteiger partial charge in [-0.2, -0.15) is 0 Å². The highest BCUT2D eigenvalue weighted by molar-refractivity contribution is 7.85. The van der Waals surface area contributed by atoms with Gasteiger partial charge in [-0.1, -0.05) is 231 Å². The molecule has 0 aromatic heterocycles. The molecule has 0 spiro atoms. The summed E-state index contributed by atoms with van der Waals surface area (Å²) in [4.78, 5) is 0. The number of hydrogen-bond acceptors (Lipinski definition) is 2. The molecule has 7 aromatic carbocycles. The van der Waals surface area contributed by atoms with Crippen molar-refractivity contribution in [3.8, 4) is 0 Å². The largest absolute Gasteiger partial charge is 0.309 e. The van der Waals surface area contributed by atoms with Crippen molar-refractivity contribution >= 4 is 69.6 Å². The summed E-state index contributed by atoms with van der Waals surface area (Å²) in [5.41, 5.74) is 0. The van der Waals surface area contributed by atoms with Crippen molar-refractivity contribution in [3.05, 3.63) is 236 Å². The van der Waals surface area contributed by atoms with E-state index in [2.05, 4.69) is 115 Å². The van der Waals surface area contributed by atoms with E-state index < -0.39 is 22.4 Å². The van der Waals surface area contributed by atoms with Gasteiger partial charge in [-0.25, -0.2) is 0 Å². The molecule has 7 aromatic rings. The zero-order valence-electron chi connectivity index (χ0n) is 29.9. The Morgan fingerprint density at radius 1 is 0.333 bits per heavy atom. The maximum Gasteiger partial charge on any atom is 0.179 e. The van der Waals surface area contributed by atoms with Gasteiger partial charge in [0.1, 0.15) is 0 Å². The molecule has 1 aliphatic rings. The number of hydrogen-bond donors (Lipinski definition) is 0. The molecule has 0 amide bonds. The molecule has 1 atom stereocenters. The molecule has 0 N–H and O–H groups in total. The van der Waals surface area contributed by atoms with Crippen LogP contribution in [0, 0.1) is 0 Å². The summed E-state index contributed by atoms with van der Waals surface area (Å²) >= 11 is 0. The second kappa shape index (κ2) is 15.4. The first kappa shape index (κ1) is 35.5. The predicted octanol–water partition coefficient (Wildman–Crippen LogP) is 7.42. The van der Waals surface area contributed by atoms with Gasteiger partial charge in [-0.15, -0.1) is 0 Å². The van der Waals surface area contributed by atoms with Gasteiger partial charge in [-0.3, -0.25) is 0 Å². The van der Waals surface area contributed by atoms with E-state index in [0.29, 0.717) is 6.42 Å². The van der Waals surface area contributed by atoms with Gasteiger partial charge in [0.15, 0.2) is 22.4 Å². The zero-order valence-corrected chi connectivity index (χ0v) is 32.6. The Morgan fingerprint density at radius 2 is 0.667 bits per heavy atom. The molecule has 0 heterocycles. The SMILES string of the molecule is O=P(C1=CC=CC=CC1)(c1ccccc1)c1ccc([Si](c2ccccc2)(c2ccccc2)c2ccc(P(=O)(c3ccccc3)c3ccccc3)cc2)cc1. The Labute approximate surface area is 319 Å². The van der Waals surface area contributed by atoms with Crippen molar-refractivity contribution in [2.75, 3.05) is 0 Å². The van der Waals surface area contributed by atoms with Gasteiger partial charge >= 0.3 is 0 Å². The second-order valence-corrected chi connectivity index (χ2v) is 22.9. The first-order chi connectivity index (χ1) is 26.6. The van der Waals surface area contributed by atoms with Crippen molar-refractivity contribution in [3.63, 3.8) is 0 Å². The highest BCUT2D eigenvalue weighted by atomic mass is 31.2. The summed E-state index contributed by atoms with van der Waals surface area (Å²) in [6, 6.07) is 68.3. The fourth-order valence-corrected chi connectivity index (χ4v) is 18.0. The van der Waals surface area contributed by atoms with Crippen LogP contribution < -0.4 is 47.3 Å². The lowest BCUT2D eigenvalue weighted by atomic mass is 10.3. The van der Waals surface area contributed by atoms with E-state index in [0.717, 1.165) is 31.8 Å². The molecule has 0 fully saturated rings. The van der Waals surface area contributed by atoms with Crippen molar-refractivity contribution in [1.29, 1.82) is 0 Å². The minimum absolute atomic E-state index is 0.621. The first-order valence-electron chi connectivity index (χ1n) is 18.3. The lowest BCUT2D eigenvalue weighted by Crippen LogP contribution is -2.74. The quantitative estimate of drug-likeness (QED) is 0.0830. The lowest BCUT2D eigenvalue weighted by molar-refractivity contribution is 0.590. The van der Waals surface area contributed by atoms with E-state index in [1.165, 1.54) is 20.7 Å². The van der Waals surface area contributed by atoms with Crippen molar-refractivity contribution in [1.82, 2.24) is 0 Å². The zero-order chi connectivity index (χ0) is 36.9. The first-order valence-corrected chi connectivity index (χ1v) is 23.7. The Balaban J connectivity index is 1.33. The van der Waals surface area contributed by atoms with E-state index in [1.54, 1.807) is 0 Å². The molecule has 1 unspecified atom stereocenters. The van der Waals surface area contributed by atoms with E-state index in [4.69, 9.17) is 0 Å². The molecule has 8 rings (SSSR count). The molecule has 262 valence electrons. The van der Waals surface area contributed by atoms with Gasteiger partial charge in [0.05, 0.1) is 0 Å². The Morgan fingerprint density at radius 3 is 1.09 bits per heavy atom. The number of benzene rings is 7. The van der Waals surface area contributed by atoms with Crippen molar-refractivity contribution in [2.45, 2.75) is 6.42 Å². The molecule has 0 aliphatic heterocycles. The molecule has 0 saturated carbocycles. The summed E-state index contributed by atoms with van der Waals surface area (Å²) in [5, 5.41) is 9.82. The van der Waals surface area contributed by atoms with Crippen LogP contribution in [-0.4, -0.2) is 8.07 Å². The van der Waals surface area contributed by atoms with Crippen LogP contribution in [0.1, 0.15) is 6.42 Å². The molecular weight excluding hydrogens is 711 g/mol. The van der Waals surface area contributed by atoms with Gasteiger partial charge < -0.3 is 9.13 Å². The third-order valence-electron chi connectivity index (χ3n) is 10.5. The minimum Gasteiger partial charge on any atom is -0.309 e. The molecule has 0 bridgehead atoms. The monoisotopic (exact) mass is 750 g/mol. The van der Waals surface area contributed by atoms with Crippen LogP contribution in [0.5, 0.6) is 0 Å². The molecule has 0 radical (unpaired) electrons. The lowest BCUT2D eigenvalue weighted by Gasteiger charge is -2.35. The molecule has 0 saturated heterocycles. The van der Waals surface area contributed by atoms with E-state index in [1.807, 2.05) is 115 Å². The normalized spacial score (nSPS) is 14.1. The van der Waals surface area contributed by atoms with Crippen LogP contribution in [0.3, 0.4) is 0 Å². The molecular formula is C49H40O2P2Si. The maximum absolute atomic E-state index is 15.5. The average Bonchev–Trinajstić information content (AvgIpc) is 3.56. The summed E-state index contributed by atoms with van der Waals surface area (Å²) in [6.45, 7) is 0. The van der Waals surface area contributed by atoms with Crippen LogP contribution in [0.15, 0.2) is 236 Å². The summed E-state index contributed by atoms with van der Waals surface area (Å²) in [6.07, 6.45) is 10.7. The van der Waals surface area contributed by atoms with Crippen molar-refractivity contribution < 1.29 is 9.13 Å². The van der Waals surface area contributed by atoms with E-state index >= 15 is 9.13 Å². The van der Waals surface area contributed by atoms with Crippen LogP contribution >= 0.6 is 14.3 Å². The Kier molecular flexibility index (Phi) is 10.1. The van der Waals surface area contributed by atoms with Crippen LogP contribution in [0.25, 0.3) is 0 Å². The van der Waals surface area contributed by atoms with Crippen LogP contribution in [0.2, 0.25) is 0 Å². The highest BCUT2D eigenvalue weighted by Gasteiger charge is 2.42. The summed E-state index contributed by atoms with van der Waals surface area (Å²) in [7, 11) is -9.29. The van der Waals surface area contributed by atoms with Gasteiger partial charge in [0, 0.05) is 31.8 Å². The summed E-state index contributed by atoms with van der Waals surface area (Å²) in [5.74, 6) is 0. The minimum atomic E-state index is -3.17. The predicted molar refractivity (Wildman–Crippen MR) is 234 cm³/mol. The topological polar surface area (TPSA) is 34.1 Å². The van der Waals surface area contributed by atoms with Crippen molar-refractivity contribution in [2.24, 2.45) is 0 Å². The highest BCUT2D eigenvalue weighted by Crippen LogP contribution is 2.53.